The lowest BCUT2D eigenvalue weighted by atomic mass is 9.99. The molecule has 2 aromatic heterocycles. The minimum Gasteiger partial charge on any atom is -0.456 e. The predicted molar refractivity (Wildman–Crippen MR) is 162 cm³/mol. The van der Waals surface area contributed by atoms with Crippen molar-refractivity contribution in [3.63, 3.8) is 0 Å². The molecule has 188 valence electrons. The van der Waals surface area contributed by atoms with E-state index < -0.39 is 0 Å². The number of para-hydroxylation sites is 1. The number of hydrogen-bond acceptors (Lipinski definition) is 3. The summed E-state index contributed by atoms with van der Waals surface area (Å²) in [5.41, 5.74) is 10.5. The molecule has 3 heterocycles. The van der Waals surface area contributed by atoms with Crippen LogP contribution >= 0.6 is 0 Å². The molecule has 0 fully saturated rings. The second-order valence-corrected chi connectivity index (χ2v) is 10.6. The Morgan fingerprint density at radius 3 is 2.35 bits per heavy atom. The molecule has 5 aromatic carbocycles. The van der Waals surface area contributed by atoms with Crippen LogP contribution in [0, 0.1) is 17.9 Å². The summed E-state index contributed by atoms with van der Waals surface area (Å²) in [5.74, 6) is 0. The number of fused-ring (bicyclic) bond motifs is 9. The zero-order valence-corrected chi connectivity index (χ0v) is 21.9. The number of hydrogen-bond donors (Lipinski definition) is 0. The van der Waals surface area contributed by atoms with Crippen LogP contribution in [0.2, 0.25) is 0 Å². The molecule has 0 bridgehead atoms. The van der Waals surface area contributed by atoms with E-state index >= 15 is 0 Å². The van der Waals surface area contributed by atoms with Gasteiger partial charge < -0.3 is 13.9 Å². The highest BCUT2D eigenvalue weighted by Gasteiger charge is 2.32. The topological polar surface area (TPSA) is 49.5 Å². The quantitative estimate of drug-likeness (QED) is 0.216. The molecule has 1 aliphatic heterocycles. The highest BCUT2D eigenvalue weighted by Crippen LogP contribution is 2.52. The van der Waals surface area contributed by atoms with E-state index in [1.54, 1.807) is 0 Å². The molecule has 7 aromatic rings. The molecule has 0 N–H and O–H groups in total. The fourth-order valence-electron chi connectivity index (χ4n) is 6.41. The van der Waals surface area contributed by atoms with Crippen molar-refractivity contribution in [1.29, 1.82) is 5.26 Å². The first-order valence-electron chi connectivity index (χ1n) is 13.3. The van der Waals surface area contributed by atoms with Crippen molar-refractivity contribution in [3.05, 3.63) is 108 Å². The lowest BCUT2D eigenvalue weighted by molar-refractivity contribution is 0.668. The van der Waals surface area contributed by atoms with Crippen molar-refractivity contribution in [2.24, 2.45) is 0 Å². The van der Waals surface area contributed by atoms with E-state index in [4.69, 9.17) is 11.0 Å². The van der Waals surface area contributed by atoms with Crippen LogP contribution in [0.5, 0.6) is 0 Å². The second-order valence-electron chi connectivity index (χ2n) is 10.6. The number of benzene rings is 5. The summed E-state index contributed by atoms with van der Waals surface area (Å²) in [6.07, 6.45) is 0. The SMILES string of the molecule is [C-]#[N+]c1ccc(-c2ccc3c(c2)c2c4c(cc5c2n3-c2cc(C#N)ccc2N5C(C)C)oc2ccccc24)cc1. The van der Waals surface area contributed by atoms with Crippen molar-refractivity contribution in [2.45, 2.75) is 19.9 Å². The van der Waals surface area contributed by atoms with Crippen molar-refractivity contribution >= 4 is 60.8 Å². The van der Waals surface area contributed by atoms with Crippen molar-refractivity contribution < 1.29 is 4.42 Å². The molecule has 0 spiro atoms. The van der Waals surface area contributed by atoms with Gasteiger partial charge in [-0.2, -0.15) is 5.26 Å². The number of furan rings is 1. The van der Waals surface area contributed by atoms with Gasteiger partial charge >= 0.3 is 0 Å². The maximum Gasteiger partial charge on any atom is 0.187 e. The highest BCUT2D eigenvalue weighted by atomic mass is 16.3. The van der Waals surface area contributed by atoms with Crippen LogP contribution < -0.4 is 4.90 Å². The molecule has 0 atom stereocenters. The lowest BCUT2D eigenvalue weighted by Gasteiger charge is -2.36. The first-order valence-corrected chi connectivity index (χ1v) is 13.3. The Bertz CT molecular complexity index is 2270. The highest BCUT2D eigenvalue weighted by molar-refractivity contribution is 6.31. The normalized spacial score (nSPS) is 12.4. The monoisotopic (exact) mass is 514 g/mol. The molecule has 0 amide bonds. The molecule has 5 nitrogen and oxygen atoms in total. The fourth-order valence-corrected chi connectivity index (χ4v) is 6.41. The Hall–Kier alpha value is -5.52. The van der Waals surface area contributed by atoms with Gasteiger partial charge in [0.15, 0.2) is 5.69 Å². The zero-order valence-electron chi connectivity index (χ0n) is 21.9. The van der Waals surface area contributed by atoms with Gasteiger partial charge in [-0.15, -0.1) is 0 Å². The van der Waals surface area contributed by atoms with E-state index in [-0.39, 0.29) is 6.04 Å². The van der Waals surface area contributed by atoms with Crippen LogP contribution in [0.15, 0.2) is 95.4 Å². The van der Waals surface area contributed by atoms with E-state index in [1.165, 1.54) is 0 Å². The molecule has 0 radical (unpaired) electrons. The van der Waals surface area contributed by atoms with Gasteiger partial charge in [0.25, 0.3) is 0 Å². The number of nitrogens with zero attached hydrogens (tertiary/aromatic N) is 4. The molecule has 0 aliphatic carbocycles. The summed E-state index contributed by atoms with van der Waals surface area (Å²) in [5, 5.41) is 14.2. The Morgan fingerprint density at radius 2 is 1.57 bits per heavy atom. The number of aromatic nitrogens is 1. The van der Waals surface area contributed by atoms with Gasteiger partial charge in [-0.1, -0.05) is 48.5 Å². The standard InChI is InChI=1S/C35H22N4O/c1-20(2)38-28-14-8-21(19-36)16-29(28)39-27-15-11-23(22-9-12-24(37-3)13-10-22)17-26(27)34-33-25-6-4-5-7-31(25)40-32(33)18-30(38)35(34)39/h4-18,20H,1-2H3. The third-order valence-electron chi connectivity index (χ3n) is 8.06. The lowest BCUT2D eigenvalue weighted by Crippen LogP contribution is -2.29. The second kappa shape index (κ2) is 7.99. The largest absolute Gasteiger partial charge is 0.456 e. The third kappa shape index (κ3) is 2.89. The summed E-state index contributed by atoms with van der Waals surface area (Å²) < 4.78 is 8.79. The van der Waals surface area contributed by atoms with Crippen LogP contribution in [0.3, 0.4) is 0 Å². The van der Waals surface area contributed by atoms with Crippen LogP contribution in [-0.2, 0) is 0 Å². The van der Waals surface area contributed by atoms with Crippen molar-refractivity contribution in [1.82, 2.24) is 4.57 Å². The van der Waals surface area contributed by atoms with Gasteiger partial charge in [0.1, 0.15) is 11.2 Å². The fraction of sp³-hybridized carbons (Fsp3) is 0.0857. The minimum absolute atomic E-state index is 0.181. The van der Waals surface area contributed by atoms with Crippen LogP contribution in [-0.4, -0.2) is 10.6 Å². The van der Waals surface area contributed by atoms with Crippen LogP contribution in [0.1, 0.15) is 19.4 Å². The molecular weight excluding hydrogens is 492 g/mol. The van der Waals surface area contributed by atoms with E-state index in [2.05, 4.69) is 76.7 Å². The summed E-state index contributed by atoms with van der Waals surface area (Å²) in [4.78, 5) is 5.91. The molecule has 1 aliphatic rings. The van der Waals surface area contributed by atoms with Gasteiger partial charge in [-0.3, -0.25) is 0 Å². The van der Waals surface area contributed by atoms with Crippen molar-refractivity contribution in [3.8, 4) is 22.9 Å². The Labute approximate surface area is 230 Å². The molecular formula is C35H22N4O. The minimum atomic E-state index is 0.181. The Kier molecular flexibility index (Phi) is 4.49. The predicted octanol–water partition coefficient (Wildman–Crippen LogP) is 9.63. The average Bonchev–Trinajstić information content (AvgIpc) is 3.53. The molecule has 40 heavy (non-hydrogen) atoms. The zero-order chi connectivity index (χ0) is 27.1. The summed E-state index contributed by atoms with van der Waals surface area (Å²) in [6, 6.07) is 33.2. The summed E-state index contributed by atoms with van der Waals surface area (Å²) in [7, 11) is 0. The van der Waals surface area contributed by atoms with Crippen LogP contribution in [0.4, 0.5) is 17.1 Å². The van der Waals surface area contributed by atoms with Crippen LogP contribution in [0.25, 0.3) is 65.4 Å². The Balaban J connectivity index is 1.59. The smallest absolute Gasteiger partial charge is 0.187 e. The molecule has 5 heteroatoms. The number of rotatable bonds is 2. The third-order valence-corrected chi connectivity index (χ3v) is 8.06. The van der Waals surface area contributed by atoms with E-state index in [0.29, 0.717) is 11.3 Å². The number of nitriles is 1. The molecule has 8 rings (SSSR count). The van der Waals surface area contributed by atoms with E-state index in [0.717, 1.165) is 71.9 Å². The maximum absolute atomic E-state index is 9.80. The Morgan fingerprint density at radius 1 is 0.775 bits per heavy atom. The molecule has 0 saturated heterocycles. The number of anilines is 2. The average molecular weight is 515 g/mol. The molecule has 0 unspecified atom stereocenters. The summed E-state index contributed by atoms with van der Waals surface area (Å²) in [6.45, 7) is 11.7. The van der Waals surface area contributed by atoms with Gasteiger partial charge in [0.2, 0.25) is 0 Å². The van der Waals surface area contributed by atoms with E-state index in [1.807, 2.05) is 48.5 Å². The first kappa shape index (κ1) is 22.5. The van der Waals surface area contributed by atoms with Gasteiger partial charge in [0.05, 0.1) is 46.3 Å². The molecule has 0 saturated carbocycles. The van der Waals surface area contributed by atoms with Gasteiger partial charge in [-0.05, 0) is 61.4 Å². The maximum atomic E-state index is 9.80. The van der Waals surface area contributed by atoms with Gasteiger partial charge in [-0.25, -0.2) is 4.85 Å². The van der Waals surface area contributed by atoms with E-state index in [9.17, 15) is 5.26 Å². The van der Waals surface area contributed by atoms with Gasteiger partial charge in [0, 0.05) is 33.7 Å². The van der Waals surface area contributed by atoms with Crippen molar-refractivity contribution in [2.75, 3.05) is 4.90 Å². The summed E-state index contributed by atoms with van der Waals surface area (Å²) >= 11 is 0. The first-order chi connectivity index (χ1) is 19.6.